The maximum atomic E-state index is 11.2. The Labute approximate surface area is 108 Å². The minimum absolute atomic E-state index is 0.0607. The van der Waals surface area contributed by atoms with Crippen LogP contribution in [-0.2, 0) is 0 Å². The Morgan fingerprint density at radius 1 is 1.39 bits per heavy atom. The molecule has 2 aromatic rings. The molecule has 18 heavy (non-hydrogen) atoms. The van der Waals surface area contributed by atoms with E-state index in [1.165, 1.54) is 29.7 Å². The fourth-order valence-corrected chi connectivity index (χ4v) is 2.99. The topological polar surface area (TPSA) is 76.2 Å². The van der Waals surface area contributed by atoms with E-state index in [-0.39, 0.29) is 5.69 Å². The number of anilines is 1. The van der Waals surface area contributed by atoms with E-state index in [1.807, 2.05) is 18.2 Å². The Morgan fingerprint density at radius 2 is 2.11 bits per heavy atom. The molecule has 0 spiro atoms. The van der Waals surface area contributed by atoms with Crippen molar-refractivity contribution in [3.8, 4) is 10.4 Å². The molecule has 1 fully saturated rings. The van der Waals surface area contributed by atoms with Crippen LogP contribution in [0.2, 0.25) is 0 Å². The lowest BCUT2D eigenvalue weighted by Gasteiger charge is -2.06. The normalized spacial score (nSPS) is 14.7. The number of benzene rings is 1. The van der Waals surface area contributed by atoms with Crippen LogP contribution in [0.1, 0.15) is 34.8 Å². The molecule has 92 valence electrons. The van der Waals surface area contributed by atoms with E-state index in [0.29, 0.717) is 15.9 Å². The smallest absolute Gasteiger partial charge is 0.356 e. The summed E-state index contributed by atoms with van der Waals surface area (Å²) in [5.74, 6) is -0.463. The lowest BCUT2D eigenvalue weighted by Crippen LogP contribution is -2.00. The number of carboxylic acids is 1. The fourth-order valence-electron chi connectivity index (χ4n) is 2.12. The first-order valence-electron chi connectivity index (χ1n) is 5.75. The SMILES string of the molecule is Nc1nc(C(=O)O)c(-c2ccccc2C2CC2)s1. The maximum absolute atomic E-state index is 11.2. The molecular weight excluding hydrogens is 248 g/mol. The number of hydrogen-bond acceptors (Lipinski definition) is 4. The van der Waals surface area contributed by atoms with Crippen molar-refractivity contribution in [2.75, 3.05) is 5.73 Å². The summed E-state index contributed by atoms with van der Waals surface area (Å²) in [5.41, 5.74) is 7.88. The molecule has 0 unspecified atom stereocenters. The van der Waals surface area contributed by atoms with Gasteiger partial charge in [-0.05, 0) is 29.9 Å². The summed E-state index contributed by atoms with van der Waals surface area (Å²) in [5, 5.41) is 9.47. The van der Waals surface area contributed by atoms with Crippen LogP contribution >= 0.6 is 11.3 Å². The number of aromatic carboxylic acids is 1. The van der Waals surface area contributed by atoms with Crippen LogP contribution in [0.4, 0.5) is 5.13 Å². The number of nitrogen functional groups attached to an aromatic ring is 1. The second-order valence-corrected chi connectivity index (χ2v) is 5.43. The van der Waals surface area contributed by atoms with Crippen molar-refractivity contribution in [1.82, 2.24) is 4.98 Å². The zero-order valence-electron chi connectivity index (χ0n) is 9.59. The van der Waals surface area contributed by atoms with Gasteiger partial charge in [-0.3, -0.25) is 0 Å². The predicted octanol–water partition coefficient (Wildman–Crippen LogP) is 2.97. The van der Waals surface area contributed by atoms with Crippen molar-refractivity contribution in [3.05, 3.63) is 35.5 Å². The summed E-state index contributed by atoms with van der Waals surface area (Å²) in [6.45, 7) is 0. The van der Waals surface area contributed by atoms with Gasteiger partial charge in [0.15, 0.2) is 10.8 Å². The number of carbonyl (C=O) groups is 1. The molecule has 4 nitrogen and oxygen atoms in total. The van der Waals surface area contributed by atoms with Gasteiger partial charge in [0.2, 0.25) is 0 Å². The minimum Gasteiger partial charge on any atom is -0.476 e. The van der Waals surface area contributed by atoms with Crippen molar-refractivity contribution < 1.29 is 9.90 Å². The average molecular weight is 260 g/mol. The molecule has 0 saturated heterocycles. The second-order valence-electron chi connectivity index (χ2n) is 4.40. The molecule has 1 aliphatic rings. The van der Waals surface area contributed by atoms with Crippen LogP contribution < -0.4 is 5.73 Å². The number of nitrogens with zero attached hydrogens (tertiary/aromatic N) is 1. The van der Waals surface area contributed by atoms with E-state index in [9.17, 15) is 9.90 Å². The predicted molar refractivity (Wildman–Crippen MR) is 70.9 cm³/mol. The summed E-state index contributed by atoms with van der Waals surface area (Å²) in [7, 11) is 0. The zero-order valence-corrected chi connectivity index (χ0v) is 10.4. The van der Waals surface area contributed by atoms with E-state index in [1.54, 1.807) is 0 Å². The summed E-state index contributed by atoms with van der Waals surface area (Å²) < 4.78 is 0. The molecule has 0 atom stereocenters. The van der Waals surface area contributed by atoms with Gasteiger partial charge in [0.1, 0.15) is 0 Å². The van der Waals surface area contributed by atoms with Crippen molar-refractivity contribution in [1.29, 1.82) is 0 Å². The van der Waals surface area contributed by atoms with Crippen LogP contribution in [0.3, 0.4) is 0 Å². The molecule has 0 amide bonds. The third-order valence-electron chi connectivity index (χ3n) is 3.07. The number of hydrogen-bond donors (Lipinski definition) is 2. The second kappa shape index (κ2) is 4.10. The van der Waals surface area contributed by atoms with Crippen LogP contribution in [0.5, 0.6) is 0 Å². The molecule has 1 saturated carbocycles. The van der Waals surface area contributed by atoms with E-state index in [2.05, 4.69) is 11.1 Å². The average Bonchev–Trinajstić information content (AvgIpc) is 3.12. The fraction of sp³-hybridized carbons (Fsp3) is 0.231. The highest BCUT2D eigenvalue weighted by Gasteiger charge is 2.28. The van der Waals surface area contributed by atoms with Crippen LogP contribution in [0, 0.1) is 0 Å². The molecule has 0 bridgehead atoms. The Bertz CT molecular complexity index is 617. The number of carboxylic acid groups (broad SMARTS) is 1. The zero-order chi connectivity index (χ0) is 12.7. The summed E-state index contributed by atoms with van der Waals surface area (Å²) in [4.78, 5) is 15.8. The van der Waals surface area contributed by atoms with Gasteiger partial charge in [-0.1, -0.05) is 35.6 Å². The molecule has 3 rings (SSSR count). The lowest BCUT2D eigenvalue weighted by molar-refractivity contribution is 0.0692. The third-order valence-corrected chi connectivity index (χ3v) is 3.99. The molecular formula is C13H12N2O2S. The molecule has 1 aromatic heterocycles. The van der Waals surface area contributed by atoms with Crippen LogP contribution in [0.15, 0.2) is 24.3 Å². The van der Waals surface area contributed by atoms with Gasteiger partial charge in [0, 0.05) is 0 Å². The quantitative estimate of drug-likeness (QED) is 0.889. The maximum Gasteiger partial charge on any atom is 0.356 e. The summed E-state index contributed by atoms with van der Waals surface area (Å²) >= 11 is 1.24. The first kappa shape index (κ1) is 11.2. The van der Waals surface area contributed by atoms with E-state index < -0.39 is 5.97 Å². The standard InChI is InChI=1S/C13H12N2O2S/c14-13-15-10(12(16)17)11(18-13)9-4-2-1-3-8(9)7-5-6-7/h1-4,7H,5-6H2,(H2,14,15)(H,16,17). The Kier molecular flexibility index (Phi) is 2.56. The number of rotatable bonds is 3. The molecule has 0 aliphatic heterocycles. The molecule has 3 N–H and O–H groups in total. The first-order chi connectivity index (χ1) is 8.66. The number of aromatic nitrogens is 1. The van der Waals surface area contributed by atoms with Gasteiger partial charge in [0.25, 0.3) is 0 Å². The Balaban J connectivity index is 2.17. The highest BCUT2D eigenvalue weighted by molar-refractivity contribution is 7.19. The van der Waals surface area contributed by atoms with E-state index in [4.69, 9.17) is 5.73 Å². The lowest BCUT2D eigenvalue weighted by atomic mass is 10.0. The molecule has 5 heteroatoms. The van der Waals surface area contributed by atoms with E-state index >= 15 is 0 Å². The number of thiazole rings is 1. The van der Waals surface area contributed by atoms with Crippen LogP contribution in [0.25, 0.3) is 10.4 Å². The van der Waals surface area contributed by atoms with Gasteiger partial charge in [-0.2, -0.15) is 0 Å². The summed E-state index contributed by atoms with van der Waals surface area (Å²) in [6.07, 6.45) is 2.35. The molecule has 1 aromatic carbocycles. The minimum atomic E-state index is -1.02. The largest absolute Gasteiger partial charge is 0.476 e. The molecule has 0 radical (unpaired) electrons. The molecule has 1 aliphatic carbocycles. The van der Waals surface area contributed by atoms with Gasteiger partial charge in [-0.25, -0.2) is 9.78 Å². The third kappa shape index (κ3) is 1.86. The van der Waals surface area contributed by atoms with Gasteiger partial charge < -0.3 is 10.8 Å². The summed E-state index contributed by atoms with van der Waals surface area (Å²) in [6, 6.07) is 7.92. The number of nitrogens with two attached hydrogens (primary N) is 1. The highest BCUT2D eigenvalue weighted by Crippen LogP contribution is 2.46. The Hall–Kier alpha value is -1.88. The van der Waals surface area contributed by atoms with Crippen molar-refractivity contribution in [2.24, 2.45) is 0 Å². The molecule has 1 heterocycles. The van der Waals surface area contributed by atoms with Gasteiger partial charge >= 0.3 is 5.97 Å². The van der Waals surface area contributed by atoms with Gasteiger partial charge in [-0.15, -0.1) is 0 Å². The van der Waals surface area contributed by atoms with Crippen LogP contribution in [-0.4, -0.2) is 16.1 Å². The Morgan fingerprint density at radius 3 is 2.78 bits per heavy atom. The van der Waals surface area contributed by atoms with Gasteiger partial charge in [0.05, 0.1) is 4.88 Å². The van der Waals surface area contributed by atoms with Crippen molar-refractivity contribution in [3.63, 3.8) is 0 Å². The van der Waals surface area contributed by atoms with Crippen molar-refractivity contribution in [2.45, 2.75) is 18.8 Å². The first-order valence-corrected chi connectivity index (χ1v) is 6.57. The monoisotopic (exact) mass is 260 g/mol. The van der Waals surface area contributed by atoms with Crippen molar-refractivity contribution >= 4 is 22.4 Å². The highest BCUT2D eigenvalue weighted by atomic mass is 32.1. The van der Waals surface area contributed by atoms with E-state index in [0.717, 1.165) is 5.56 Å².